The van der Waals surface area contributed by atoms with E-state index in [-0.39, 0.29) is 0 Å². The van der Waals surface area contributed by atoms with Crippen molar-refractivity contribution in [3.8, 4) is 0 Å². The molecule has 3 heteroatoms. The summed E-state index contributed by atoms with van der Waals surface area (Å²) in [6.07, 6.45) is 7.80. The minimum absolute atomic E-state index is 0.316. The lowest BCUT2D eigenvalue weighted by atomic mass is 9.78. The van der Waals surface area contributed by atoms with E-state index in [1.165, 1.54) is 25.7 Å². The molecule has 0 aromatic rings. The van der Waals surface area contributed by atoms with E-state index >= 15 is 0 Å². The first-order valence-corrected chi connectivity index (χ1v) is 7.63. The zero-order valence-corrected chi connectivity index (χ0v) is 12.2. The molecule has 3 nitrogen and oxygen atoms in total. The zero-order valence-electron chi connectivity index (χ0n) is 12.2. The summed E-state index contributed by atoms with van der Waals surface area (Å²) < 4.78 is 5.49. The second-order valence-corrected chi connectivity index (χ2v) is 6.65. The summed E-state index contributed by atoms with van der Waals surface area (Å²) in [4.78, 5) is 2.59. The number of hydrogen-bond acceptors (Lipinski definition) is 3. The number of nitrogens with zero attached hydrogens (tertiary/aromatic N) is 1. The van der Waals surface area contributed by atoms with Gasteiger partial charge in [0.2, 0.25) is 0 Å². The molecule has 2 aliphatic rings. The maximum absolute atomic E-state index is 6.06. The average molecular weight is 254 g/mol. The Bertz CT molecular complexity index is 243. The predicted molar refractivity (Wildman–Crippen MR) is 75.6 cm³/mol. The van der Waals surface area contributed by atoms with E-state index in [0.29, 0.717) is 5.41 Å². The molecule has 0 atom stereocenters. The fourth-order valence-corrected chi connectivity index (χ4v) is 3.57. The monoisotopic (exact) mass is 254 g/mol. The van der Waals surface area contributed by atoms with E-state index in [9.17, 15) is 0 Å². The van der Waals surface area contributed by atoms with Crippen molar-refractivity contribution in [2.75, 3.05) is 33.4 Å². The van der Waals surface area contributed by atoms with Crippen molar-refractivity contribution >= 4 is 0 Å². The third-order valence-electron chi connectivity index (χ3n) is 5.18. The van der Waals surface area contributed by atoms with Gasteiger partial charge in [-0.3, -0.25) is 0 Å². The predicted octanol–water partition coefficient (Wildman–Crippen LogP) is 2.25. The van der Waals surface area contributed by atoms with Crippen molar-refractivity contribution in [1.29, 1.82) is 0 Å². The maximum Gasteiger partial charge on any atom is 0.0472 e. The second-order valence-electron chi connectivity index (χ2n) is 6.65. The summed E-state index contributed by atoms with van der Waals surface area (Å²) in [6, 6.07) is 0.785. The Morgan fingerprint density at radius 3 is 2.33 bits per heavy atom. The largest absolute Gasteiger partial charge is 0.381 e. The Kier molecular flexibility index (Phi) is 5.05. The quantitative estimate of drug-likeness (QED) is 0.836. The van der Waals surface area contributed by atoms with E-state index in [2.05, 4.69) is 18.9 Å². The van der Waals surface area contributed by atoms with Crippen LogP contribution in [-0.2, 0) is 4.74 Å². The van der Waals surface area contributed by atoms with Crippen molar-refractivity contribution in [3.63, 3.8) is 0 Å². The van der Waals surface area contributed by atoms with Gasteiger partial charge >= 0.3 is 0 Å². The standard InChI is InChI=1S/C15H30N2O/c1-13-3-5-14(6-4-13)17(2)12-15(11-16)7-9-18-10-8-15/h13-14H,3-12,16H2,1-2H3. The number of ether oxygens (including phenoxy) is 1. The normalized spacial score (nSPS) is 32.7. The van der Waals surface area contributed by atoms with Gasteiger partial charge < -0.3 is 15.4 Å². The van der Waals surface area contributed by atoms with Crippen LogP contribution in [0.25, 0.3) is 0 Å². The lowest BCUT2D eigenvalue weighted by Crippen LogP contribution is -2.48. The summed E-state index contributed by atoms with van der Waals surface area (Å²) in [7, 11) is 2.30. The molecule has 0 aromatic carbocycles. The Labute approximate surface area is 112 Å². The van der Waals surface area contributed by atoms with Gasteiger partial charge in [-0.25, -0.2) is 0 Å². The molecular weight excluding hydrogens is 224 g/mol. The highest BCUT2D eigenvalue weighted by molar-refractivity contribution is 4.88. The van der Waals surface area contributed by atoms with Crippen LogP contribution < -0.4 is 5.73 Å². The van der Waals surface area contributed by atoms with Crippen LogP contribution in [0.5, 0.6) is 0 Å². The Morgan fingerprint density at radius 1 is 1.17 bits per heavy atom. The summed E-state index contributed by atoms with van der Waals surface area (Å²) in [5.74, 6) is 0.932. The van der Waals surface area contributed by atoms with Crippen LogP contribution >= 0.6 is 0 Å². The molecule has 2 rings (SSSR count). The van der Waals surface area contributed by atoms with E-state index in [1.807, 2.05) is 0 Å². The van der Waals surface area contributed by atoms with Crippen molar-refractivity contribution in [1.82, 2.24) is 4.90 Å². The molecule has 18 heavy (non-hydrogen) atoms. The van der Waals surface area contributed by atoms with Crippen LogP contribution in [0, 0.1) is 11.3 Å². The highest BCUT2D eigenvalue weighted by Crippen LogP contribution is 2.33. The minimum Gasteiger partial charge on any atom is -0.381 e. The van der Waals surface area contributed by atoms with Gasteiger partial charge in [0.25, 0.3) is 0 Å². The Balaban J connectivity index is 1.86. The van der Waals surface area contributed by atoms with Crippen molar-refractivity contribution in [2.24, 2.45) is 17.1 Å². The first-order valence-electron chi connectivity index (χ1n) is 7.63. The average Bonchev–Trinajstić information content (AvgIpc) is 2.40. The third kappa shape index (κ3) is 3.46. The molecule has 1 aliphatic heterocycles. The molecule has 0 unspecified atom stereocenters. The van der Waals surface area contributed by atoms with Gasteiger partial charge in [0, 0.05) is 25.8 Å². The van der Waals surface area contributed by atoms with E-state index in [4.69, 9.17) is 10.5 Å². The van der Waals surface area contributed by atoms with Crippen molar-refractivity contribution in [2.45, 2.75) is 51.5 Å². The third-order valence-corrected chi connectivity index (χ3v) is 5.18. The fourth-order valence-electron chi connectivity index (χ4n) is 3.57. The minimum atomic E-state index is 0.316. The van der Waals surface area contributed by atoms with Gasteiger partial charge in [0.05, 0.1) is 0 Å². The number of hydrogen-bond donors (Lipinski definition) is 1. The highest BCUT2D eigenvalue weighted by atomic mass is 16.5. The fraction of sp³-hybridized carbons (Fsp3) is 1.00. The van der Waals surface area contributed by atoms with Crippen LogP contribution in [0.15, 0.2) is 0 Å². The second kappa shape index (κ2) is 6.36. The van der Waals surface area contributed by atoms with Gasteiger partial charge in [-0.05, 0) is 63.5 Å². The molecule has 0 spiro atoms. The van der Waals surface area contributed by atoms with Gasteiger partial charge in [0.15, 0.2) is 0 Å². The topological polar surface area (TPSA) is 38.5 Å². The molecular formula is C15H30N2O. The Morgan fingerprint density at radius 2 is 1.78 bits per heavy atom. The van der Waals surface area contributed by atoms with Crippen molar-refractivity contribution < 1.29 is 4.74 Å². The van der Waals surface area contributed by atoms with Gasteiger partial charge in [0.1, 0.15) is 0 Å². The van der Waals surface area contributed by atoms with Gasteiger partial charge in [-0.2, -0.15) is 0 Å². The molecule has 0 radical (unpaired) electrons. The molecule has 1 aliphatic carbocycles. The summed E-state index contributed by atoms with van der Waals surface area (Å²) >= 11 is 0. The molecule has 2 N–H and O–H groups in total. The van der Waals surface area contributed by atoms with E-state index in [0.717, 1.165) is 51.1 Å². The first-order chi connectivity index (χ1) is 8.65. The zero-order chi connectivity index (χ0) is 13.0. The molecule has 0 bridgehead atoms. The Hall–Kier alpha value is -0.120. The molecule has 106 valence electrons. The van der Waals surface area contributed by atoms with Gasteiger partial charge in [-0.1, -0.05) is 6.92 Å². The maximum atomic E-state index is 6.06. The molecule has 1 saturated carbocycles. The van der Waals surface area contributed by atoms with Crippen LogP contribution in [-0.4, -0.2) is 44.3 Å². The molecule has 1 saturated heterocycles. The van der Waals surface area contributed by atoms with Crippen LogP contribution in [0.2, 0.25) is 0 Å². The molecule has 0 amide bonds. The summed E-state index contributed by atoms with van der Waals surface area (Å²) in [5, 5.41) is 0. The lowest BCUT2D eigenvalue weighted by molar-refractivity contribution is -0.00609. The SMILES string of the molecule is CC1CCC(N(C)CC2(CN)CCOCC2)CC1. The van der Waals surface area contributed by atoms with Gasteiger partial charge in [-0.15, -0.1) is 0 Å². The number of nitrogens with two attached hydrogens (primary N) is 1. The van der Waals surface area contributed by atoms with E-state index in [1.54, 1.807) is 0 Å². The molecule has 0 aromatic heterocycles. The first kappa shape index (κ1) is 14.3. The van der Waals surface area contributed by atoms with Crippen LogP contribution in [0.4, 0.5) is 0 Å². The summed E-state index contributed by atoms with van der Waals surface area (Å²) in [6.45, 7) is 6.14. The summed E-state index contributed by atoms with van der Waals surface area (Å²) in [5.41, 5.74) is 6.37. The van der Waals surface area contributed by atoms with Crippen molar-refractivity contribution in [3.05, 3.63) is 0 Å². The van der Waals surface area contributed by atoms with Crippen LogP contribution in [0.3, 0.4) is 0 Å². The smallest absolute Gasteiger partial charge is 0.0472 e. The van der Waals surface area contributed by atoms with E-state index < -0.39 is 0 Å². The van der Waals surface area contributed by atoms with Crippen LogP contribution in [0.1, 0.15) is 45.4 Å². The molecule has 2 fully saturated rings. The molecule has 1 heterocycles. The highest BCUT2D eigenvalue weighted by Gasteiger charge is 2.34. The lowest BCUT2D eigenvalue weighted by Gasteiger charge is -2.43. The number of rotatable bonds is 4.